The first-order valence-electron chi connectivity index (χ1n) is 4.43. The Morgan fingerprint density at radius 3 is 2.47 bits per heavy atom. The fourth-order valence-electron chi connectivity index (χ4n) is 1.39. The number of hydrogen-bond acceptors (Lipinski definition) is 4. The lowest BCUT2D eigenvalue weighted by Gasteiger charge is -2.20. The summed E-state index contributed by atoms with van der Waals surface area (Å²) in [5.41, 5.74) is 0.558. The van der Waals surface area contributed by atoms with Crippen molar-refractivity contribution in [2.75, 3.05) is 6.26 Å². The van der Waals surface area contributed by atoms with Crippen LogP contribution in [0.15, 0.2) is 41.3 Å². The molecule has 1 N–H and O–H groups in total. The number of rotatable bonds is 2. The molecule has 1 heterocycles. The quantitative estimate of drug-likeness (QED) is 0.610. The SMILES string of the molecule is CSc1ccc(C2(O)C=CC(=O)O2)cc1. The van der Waals surface area contributed by atoms with Gasteiger partial charge in [0, 0.05) is 16.5 Å². The number of carbonyl (C=O) groups is 1. The van der Waals surface area contributed by atoms with Gasteiger partial charge in [0.2, 0.25) is 0 Å². The van der Waals surface area contributed by atoms with Crippen LogP contribution in [-0.2, 0) is 15.3 Å². The van der Waals surface area contributed by atoms with Crippen LogP contribution in [-0.4, -0.2) is 17.3 Å². The van der Waals surface area contributed by atoms with E-state index in [1.807, 2.05) is 18.4 Å². The lowest BCUT2D eigenvalue weighted by molar-refractivity contribution is -0.181. The minimum atomic E-state index is -1.59. The second-order valence-electron chi connectivity index (χ2n) is 3.18. The molecule has 1 aromatic rings. The highest BCUT2D eigenvalue weighted by Gasteiger charge is 2.34. The molecular formula is C11H10O3S. The van der Waals surface area contributed by atoms with Crippen molar-refractivity contribution in [2.45, 2.75) is 10.7 Å². The minimum absolute atomic E-state index is 0.522. The molecular weight excluding hydrogens is 212 g/mol. The fourth-order valence-corrected chi connectivity index (χ4v) is 1.80. The van der Waals surface area contributed by atoms with E-state index in [2.05, 4.69) is 0 Å². The van der Waals surface area contributed by atoms with Gasteiger partial charge in [-0.2, -0.15) is 0 Å². The lowest BCUT2D eigenvalue weighted by atomic mass is 10.1. The molecule has 0 saturated heterocycles. The van der Waals surface area contributed by atoms with Gasteiger partial charge < -0.3 is 9.84 Å². The van der Waals surface area contributed by atoms with E-state index in [-0.39, 0.29) is 0 Å². The van der Waals surface area contributed by atoms with Gasteiger partial charge in [0.15, 0.2) is 0 Å². The van der Waals surface area contributed by atoms with Gasteiger partial charge in [-0.1, -0.05) is 12.1 Å². The van der Waals surface area contributed by atoms with Gasteiger partial charge in [0.25, 0.3) is 5.79 Å². The van der Waals surface area contributed by atoms with Crippen LogP contribution in [0.5, 0.6) is 0 Å². The van der Waals surface area contributed by atoms with Gasteiger partial charge in [0.1, 0.15) is 0 Å². The number of aliphatic hydroxyl groups is 1. The molecule has 1 aliphatic rings. The lowest BCUT2D eigenvalue weighted by Crippen LogP contribution is -2.24. The zero-order chi connectivity index (χ0) is 10.9. The monoisotopic (exact) mass is 222 g/mol. The largest absolute Gasteiger partial charge is 0.422 e. The normalized spacial score (nSPS) is 24.3. The van der Waals surface area contributed by atoms with Gasteiger partial charge in [0.05, 0.1) is 0 Å². The average Bonchev–Trinajstić information content (AvgIpc) is 2.60. The maximum absolute atomic E-state index is 10.9. The van der Waals surface area contributed by atoms with Crippen molar-refractivity contribution in [2.24, 2.45) is 0 Å². The predicted molar refractivity (Wildman–Crippen MR) is 57.4 cm³/mol. The van der Waals surface area contributed by atoms with Gasteiger partial charge in [-0.3, -0.25) is 0 Å². The number of hydrogen-bond donors (Lipinski definition) is 1. The Bertz CT molecular complexity index is 410. The molecule has 0 aliphatic carbocycles. The molecule has 78 valence electrons. The topological polar surface area (TPSA) is 46.5 Å². The number of benzene rings is 1. The Morgan fingerprint density at radius 1 is 1.33 bits per heavy atom. The second kappa shape index (κ2) is 3.72. The summed E-state index contributed by atoms with van der Waals surface area (Å²) >= 11 is 1.61. The van der Waals surface area contributed by atoms with Gasteiger partial charge in [-0.05, 0) is 24.5 Å². The first-order valence-corrected chi connectivity index (χ1v) is 5.66. The van der Waals surface area contributed by atoms with E-state index in [1.165, 1.54) is 12.2 Å². The van der Waals surface area contributed by atoms with E-state index in [0.717, 1.165) is 4.90 Å². The van der Waals surface area contributed by atoms with Crippen molar-refractivity contribution in [3.05, 3.63) is 42.0 Å². The molecule has 0 fully saturated rings. The summed E-state index contributed by atoms with van der Waals surface area (Å²) in [4.78, 5) is 12.0. The Labute approximate surface area is 91.8 Å². The number of ether oxygens (including phenoxy) is 1. The standard InChI is InChI=1S/C11H10O3S/c1-15-9-4-2-8(3-5-9)11(13)7-6-10(12)14-11/h2-7,13H,1H3. The Hall–Kier alpha value is -1.26. The summed E-state index contributed by atoms with van der Waals surface area (Å²) in [6.07, 6.45) is 4.55. The molecule has 4 heteroatoms. The molecule has 15 heavy (non-hydrogen) atoms. The predicted octanol–water partition coefficient (Wildman–Crippen LogP) is 1.67. The van der Waals surface area contributed by atoms with Crippen LogP contribution in [0, 0.1) is 0 Å². The van der Waals surface area contributed by atoms with Crippen molar-refractivity contribution < 1.29 is 14.6 Å². The van der Waals surface area contributed by atoms with E-state index >= 15 is 0 Å². The summed E-state index contributed by atoms with van der Waals surface area (Å²) in [7, 11) is 0. The highest BCUT2D eigenvalue weighted by atomic mass is 32.2. The summed E-state index contributed by atoms with van der Waals surface area (Å²) in [6, 6.07) is 7.24. The molecule has 3 nitrogen and oxygen atoms in total. The third-order valence-electron chi connectivity index (χ3n) is 2.21. The summed E-state index contributed by atoms with van der Waals surface area (Å²) in [5, 5.41) is 9.96. The van der Waals surface area contributed by atoms with Crippen molar-refractivity contribution in [3.63, 3.8) is 0 Å². The van der Waals surface area contributed by atoms with Gasteiger partial charge in [-0.15, -0.1) is 11.8 Å². The zero-order valence-electron chi connectivity index (χ0n) is 8.14. The van der Waals surface area contributed by atoms with Crippen LogP contribution in [0.1, 0.15) is 5.56 Å². The number of carbonyl (C=O) groups excluding carboxylic acids is 1. The smallest absolute Gasteiger partial charge is 0.333 e. The molecule has 0 amide bonds. The molecule has 1 atom stereocenters. The first kappa shape index (κ1) is 10.3. The third kappa shape index (κ3) is 1.91. The maximum atomic E-state index is 10.9. The van der Waals surface area contributed by atoms with Crippen molar-refractivity contribution in [1.29, 1.82) is 0 Å². The van der Waals surface area contributed by atoms with Crippen molar-refractivity contribution in [1.82, 2.24) is 0 Å². The second-order valence-corrected chi connectivity index (χ2v) is 4.06. The molecule has 0 radical (unpaired) electrons. The van der Waals surface area contributed by atoms with E-state index in [4.69, 9.17) is 4.74 Å². The molecule has 0 spiro atoms. The zero-order valence-corrected chi connectivity index (χ0v) is 8.95. The molecule has 1 aromatic carbocycles. The highest BCUT2D eigenvalue weighted by Crippen LogP contribution is 2.29. The number of cyclic esters (lactones) is 1. The van der Waals surface area contributed by atoms with Gasteiger partial charge in [-0.25, -0.2) is 4.79 Å². The maximum Gasteiger partial charge on any atom is 0.333 e. The molecule has 1 aliphatic heterocycles. The first-order chi connectivity index (χ1) is 7.14. The van der Waals surface area contributed by atoms with Gasteiger partial charge >= 0.3 is 5.97 Å². The number of esters is 1. The summed E-state index contributed by atoms with van der Waals surface area (Å²) in [6.45, 7) is 0. The van der Waals surface area contributed by atoms with Crippen molar-refractivity contribution >= 4 is 17.7 Å². The molecule has 1 unspecified atom stereocenters. The third-order valence-corrected chi connectivity index (χ3v) is 2.95. The Morgan fingerprint density at radius 2 is 2.00 bits per heavy atom. The summed E-state index contributed by atoms with van der Waals surface area (Å²) < 4.78 is 4.81. The Kier molecular flexibility index (Phi) is 2.54. The molecule has 0 bridgehead atoms. The average molecular weight is 222 g/mol. The van der Waals surface area contributed by atoms with E-state index < -0.39 is 11.8 Å². The molecule has 2 rings (SSSR count). The highest BCUT2D eigenvalue weighted by molar-refractivity contribution is 7.98. The fraction of sp³-hybridized carbons (Fsp3) is 0.182. The molecule has 0 saturated carbocycles. The van der Waals surface area contributed by atoms with Crippen LogP contribution in [0.2, 0.25) is 0 Å². The van der Waals surface area contributed by atoms with E-state index in [1.54, 1.807) is 23.9 Å². The van der Waals surface area contributed by atoms with Crippen molar-refractivity contribution in [3.8, 4) is 0 Å². The van der Waals surface area contributed by atoms with Crippen LogP contribution in [0.3, 0.4) is 0 Å². The van der Waals surface area contributed by atoms with E-state index in [9.17, 15) is 9.90 Å². The van der Waals surface area contributed by atoms with Crippen LogP contribution >= 0.6 is 11.8 Å². The number of thioether (sulfide) groups is 1. The van der Waals surface area contributed by atoms with Crippen LogP contribution in [0.25, 0.3) is 0 Å². The van der Waals surface area contributed by atoms with Crippen LogP contribution < -0.4 is 0 Å². The molecule has 0 aromatic heterocycles. The van der Waals surface area contributed by atoms with Crippen LogP contribution in [0.4, 0.5) is 0 Å². The van der Waals surface area contributed by atoms with E-state index in [0.29, 0.717) is 5.56 Å². The summed E-state index contributed by atoms with van der Waals surface area (Å²) in [5.74, 6) is -2.11. The minimum Gasteiger partial charge on any atom is -0.422 e. The Balaban J connectivity index is 2.30.